The van der Waals surface area contributed by atoms with Crippen LogP contribution in [-0.2, 0) is 10.0 Å². The Kier molecular flexibility index (Phi) is 7.91. The molecule has 0 aliphatic carbocycles. The Morgan fingerprint density at radius 2 is 2.25 bits per heavy atom. The van der Waals surface area contributed by atoms with E-state index in [1.165, 1.54) is 0 Å². The molecule has 0 bridgehead atoms. The summed E-state index contributed by atoms with van der Waals surface area (Å²) in [6.45, 7) is 1.45. The molecule has 0 radical (unpaired) electrons. The van der Waals surface area contributed by atoms with Crippen LogP contribution in [-0.4, -0.2) is 40.5 Å². The second kappa shape index (κ2) is 8.00. The van der Waals surface area contributed by atoms with E-state index in [0.29, 0.717) is 6.54 Å². The molecule has 0 saturated heterocycles. The molecule has 0 atom stereocenters. The van der Waals surface area contributed by atoms with Gasteiger partial charge in [-0.2, -0.15) is 0 Å². The van der Waals surface area contributed by atoms with Crippen molar-refractivity contribution < 1.29 is 12.8 Å². The lowest BCUT2D eigenvalue weighted by Crippen LogP contribution is -2.31. The lowest BCUT2D eigenvalue weighted by atomic mass is 10.1. The highest BCUT2D eigenvalue weighted by Gasteiger charge is 2.11. The average Bonchev–Trinajstić information content (AvgIpc) is 2.25. The maximum Gasteiger partial charge on any atom is 0.211 e. The van der Waals surface area contributed by atoms with Gasteiger partial charge in [-0.25, -0.2) is 13.1 Å². The molecule has 0 unspecified atom stereocenters. The van der Waals surface area contributed by atoms with Crippen molar-refractivity contribution in [1.82, 2.24) is 10.0 Å². The van der Waals surface area contributed by atoms with Crippen molar-refractivity contribution in [2.45, 2.75) is 12.8 Å². The van der Waals surface area contributed by atoms with Crippen LogP contribution in [0.1, 0.15) is 12.8 Å². The molecule has 96 valence electrons. The predicted octanol–water partition coefficient (Wildman–Crippen LogP) is 0.607. The highest BCUT2D eigenvalue weighted by molar-refractivity contribution is 7.89. The van der Waals surface area contributed by atoms with Gasteiger partial charge in [0.2, 0.25) is 10.0 Å². The molecule has 16 heavy (non-hydrogen) atoms. The summed E-state index contributed by atoms with van der Waals surface area (Å²) >= 11 is 0. The third-order valence-corrected chi connectivity index (χ3v) is 3.63. The molecule has 7 heteroatoms. The Morgan fingerprint density at radius 3 is 2.81 bits per heavy atom. The number of sulfonamides is 1. The zero-order valence-corrected chi connectivity index (χ0v) is 10.7. The first kappa shape index (κ1) is 15.8. The Labute approximate surface area is 102 Å². The normalized spacial score (nSPS) is 16.4. The molecule has 0 spiro atoms. The smallest absolute Gasteiger partial charge is 0.211 e. The molecule has 4 nitrogen and oxygen atoms in total. The van der Waals surface area contributed by atoms with E-state index in [9.17, 15) is 12.8 Å². The number of halogens is 2. The number of alkyl halides is 1. The maximum atomic E-state index is 11.8. The first-order valence-electron chi connectivity index (χ1n) is 5.06. The second-order valence-corrected chi connectivity index (χ2v) is 5.43. The minimum Gasteiger partial charge on any atom is -0.313 e. The molecule has 0 aromatic carbocycles. The van der Waals surface area contributed by atoms with Crippen LogP contribution in [0.3, 0.4) is 0 Å². The summed E-state index contributed by atoms with van der Waals surface area (Å²) in [6.07, 6.45) is 2.92. The summed E-state index contributed by atoms with van der Waals surface area (Å²) in [7, 11) is -3.29. The lowest BCUT2D eigenvalue weighted by Gasteiger charge is -2.14. The van der Waals surface area contributed by atoms with Crippen LogP contribution in [0.4, 0.5) is 4.39 Å². The third-order valence-electron chi connectivity index (χ3n) is 2.22. The zero-order chi connectivity index (χ0) is 11.1. The van der Waals surface area contributed by atoms with Gasteiger partial charge in [0.1, 0.15) is 0 Å². The number of rotatable bonds is 6. The Morgan fingerprint density at radius 1 is 1.50 bits per heavy atom. The van der Waals surface area contributed by atoms with E-state index in [2.05, 4.69) is 10.0 Å². The molecule has 1 heterocycles. The summed E-state index contributed by atoms with van der Waals surface area (Å²) < 4.78 is 36.9. The molecule has 1 rings (SSSR count). The summed E-state index contributed by atoms with van der Waals surface area (Å²) in [5.74, 6) is -0.130. The molecule has 1 aliphatic heterocycles. The number of hydrogen-bond donors (Lipinski definition) is 2. The van der Waals surface area contributed by atoms with Gasteiger partial charge in [-0.1, -0.05) is 11.6 Å². The minimum atomic E-state index is -3.29. The average molecular weight is 273 g/mol. The van der Waals surface area contributed by atoms with Crippen LogP contribution in [0.2, 0.25) is 0 Å². The SMILES string of the molecule is Cl.O=S(=O)(CCCF)NCC1=CCNCC1. The Hall–Kier alpha value is -0.170. The van der Waals surface area contributed by atoms with E-state index < -0.39 is 16.7 Å². The molecule has 0 fully saturated rings. The van der Waals surface area contributed by atoms with Crippen molar-refractivity contribution >= 4 is 22.4 Å². The quantitative estimate of drug-likeness (QED) is 0.697. The van der Waals surface area contributed by atoms with Crippen LogP contribution in [0.15, 0.2) is 11.6 Å². The fourth-order valence-corrected chi connectivity index (χ4v) is 2.39. The van der Waals surface area contributed by atoms with Crippen LogP contribution < -0.4 is 10.0 Å². The lowest BCUT2D eigenvalue weighted by molar-refractivity contribution is 0.483. The summed E-state index contributed by atoms with van der Waals surface area (Å²) in [5, 5.41) is 3.14. The van der Waals surface area contributed by atoms with E-state index in [4.69, 9.17) is 0 Å². The van der Waals surface area contributed by atoms with Crippen molar-refractivity contribution in [3.8, 4) is 0 Å². The van der Waals surface area contributed by atoms with Gasteiger partial charge in [-0.05, 0) is 19.4 Å². The molecular formula is C9H18ClFN2O2S. The Bertz CT molecular complexity index is 319. The van der Waals surface area contributed by atoms with Gasteiger partial charge in [0.05, 0.1) is 12.4 Å². The molecule has 2 N–H and O–H groups in total. The molecular weight excluding hydrogens is 255 g/mol. The van der Waals surface area contributed by atoms with Gasteiger partial charge < -0.3 is 5.32 Å². The topological polar surface area (TPSA) is 58.2 Å². The molecule has 0 aromatic heterocycles. The van der Waals surface area contributed by atoms with E-state index >= 15 is 0 Å². The monoisotopic (exact) mass is 272 g/mol. The van der Waals surface area contributed by atoms with Crippen molar-refractivity contribution in [2.75, 3.05) is 32.1 Å². The van der Waals surface area contributed by atoms with Crippen LogP contribution in [0, 0.1) is 0 Å². The highest BCUT2D eigenvalue weighted by atomic mass is 35.5. The largest absolute Gasteiger partial charge is 0.313 e. The standard InChI is InChI=1S/C9H17FN2O2S.ClH/c10-4-1-7-15(13,14)12-8-9-2-5-11-6-3-9;/h2,11-12H,1,3-8H2;1H. The third kappa shape index (κ3) is 6.42. The van der Waals surface area contributed by atoms with Crippen LogP contribution in [0.25, 0.3) is 0 Å². The molecule has 1 aliphatic rings. The number of nitrogens with one attached hydrogen (secondary N) is 2. The maximum absolute atomic E-state index is 11.8. The van der Waals surface area contributed by atoms with Gasteiger partial charge in [-0.15, -0.1) is 12.4 Å². The summed E-state index contributed by atoms with van der Waals surface area (Å²) in [6, 6.07) is 0. The second-order valence-electron chi connectivity index (χ2n) is 3.50. The van der Waals surface area contributed by atoms with E-state index in [1.54, 1.807) is 0 Å². The van der Waals surface area contributed by atoms with Crippen molar-refractivity contribution in [3.05, 3.63) is 11.6 Å². The predicted molar refractivity (Wildman–Crippen MR) is 65.2 cm³/mol. The van der Waals surface area contributed by atoms with Gasteiger partial charge in [-0.3, -0.25) is 4.39 Å². The fraction of sp³-hybridized carbons (Fsp3) is 0.778. The van der Waals surface area contributed by atoms with E-state index in [1.807, 2.05) is 6.08 Å². The van der Waals surface area contributed by atoms with Crippen LogP contribution >= 0.6 is 12.4 Å². The summed E-state index contributed by atoms with van der Waals surface area (Å²) in [5.41, 5.74) is 1.09. The Balaban J connectivity index is 0.00000225. The highest BCUT2D eigenvalue weighted by Crippen LogP contribution is 2.03. The fourth-order valence-electron chi connectivity index (χ4n) is 1.35. The van der Waals surface area contributed by atoms with Crippen LogP contribution in [0.5, 0.6) is 0 Å². The first-order chi connectivity index (χ1) is 7.14. The van der Waals surface area contributed by atoms with Gasteiger partial charge in [0.25, 0.3) is 0 Å². The molecule has 0 aromatic rings. The summed E-state index contributed by atoms with van der Waals surface area (Å²) in [4.78, 5) is 0. The van der Waals surface area contributed by atoms with Gasteiger partial charge in [0, 0.05) is 13.1 Å². The molecule has 0 amide bonds. The van der Waals surface area contributed by atoms with E-state index in [-0.39, 0.29) is 24.6 Å². The van der Waals surface area contributed by atoms with Crippen molar-refractivity contribution in [1.29, 1.82) is 0 Å². The minimum absolute atomic E-state index is 0. The first-order valence-corrected chi connectivity index (χ1v) is 6.71. The van der Waals surface area contributed by atoms with Crippen molar-refractivity contribution in [2.24, 2.45) is 0 Å². The zero-order valence-electron chi connectivity index (χ0n) is 9.04. The van der Waals surface area contributed by atoms with Gasteiger partial charge in [0.15, 0.2) is 0 Å². The number of hydrogen-bond acceptors (Lipinski definition) is 3. The van der Waals surface area contributed by atoms with Crippen molar-refractivity contribution in [3.63, 3.8) is 0 Å². The molecule has 0 saturated carbocycles. The van der Waals surface area contributed by atoms with E-state index in [0.717, 1.165) is 25.1 Å². The van der Waals surface area contributed by atoms with Gasteiger partial charge >= 0.3 is 0 Å².